The Morgan fingerprint density at radius 3 is 2.96 bits per heavy atom. The number of aryl methyl sites for hydroxylation is 1. The van der Waals surface area contributed by atoms with Gasteiger partial charge in [0.2, 0.25) is 0 Å². The molecule has 0 spiro atoms. The molecule has 7 heteroatoms. The molecular weight excluding hydrogens is 339 g/mol. The molecule has 0 bridgehead atoms. The van der Waals surface area contributed by atoms with Crippen LogP contribution in [0.15, 0.2) is 41.9 Å². The number of hydrogen-bond acceptors (Lipinski definition) is 4. The minimum absolute atomic E-state index is 0.261. The van der Waals surface area contributed by atoms with Crippen molar-refractivity contribution >= 4 is 23.1 Å². The molecule has 3 rings (SSSR count). The first-order chi connectivity index (χ1) is 12.2. The molecule has 1 amide bonds. The number of hydrogen-bond donors (Lipinski definition) is 1. The fourth-order valence-corrected chi connectivity index (χ4v) is 3.20. The lowest BCUT2D eigenvalue weighted by atomic mass is 10.1. The third-order valence-electron chi connectivity index (χ3n) is 3.77. The number of amides is 1. The Bertz CT molecular complexity index is 858. The fourth-order valence-electron chi connectivity index (χ4n) is 2.41. The summed E-state index contributed by atoms with van der Waals surface area (Å²) in [6, 6.07) is 8.36. The highest BCUT2D eigenvalue weighted by atomic mass is 32.1. The minimum atomic E-state index is -0.283. The Morgan fingerprint density at radius 1 is 1.32 bits per heavy atom. The highest BCUT2D eigenvalue weighted by Crippen LogP contribution is 2.18. The molecule has 1 N–H and O–H groups in total. The number of nitrogens with one attached hydrogen (secondary N) is 1. The number of benzene rings is 1. The SMILES string of the molecule is CCCCn1nccc1NC(=O)c1csc(Cc2ccccc2F)n1. The molecule has 1 aromatic carbocycles. The van der Waals surface area contributed by atoms with E-state index in [9.17, 15) is 9.18 Å². The summed E-state index contributed by atoms with van der Waals surface area (Å²) < 4.78 is 15.5. The molecule has 0 radical (unpaired) electrons. The zero-order valence-corrected chi connectivity index (χ0v) is 14.7. The number of thiazole rings is 1. The predicted molar refractivity (Wildman–Crippen MR) is 96.4 cm³/mol. The third-order valence-corrected chi connectivity index (χ3v) is 4.61. The summed E-state index contributed by atoms with van der Waals surface area (Å²) in [6.45, 7) is 2.86. The van der Waals surface area contributed by atoms with Crippen LogP contribution in [0.25, 0.3) is 0 Å². The first kappa shape index (κ1) is 17.3. The smallest absolute Gasteiger partial charge is 0.276 e. The van der Waals surface area contributed by atoms with Gasteiger partial charge in [0.1, 0.15) is 17.3 Å². The lowest BCUT2D eigenvalue weighted by Crippen LogP contribution is -2.16. The lowest BCUT2D eigenvalue weighted by Gasteiger charge is -2.07. The van der Waals surface area contributed by atoms with Gasteiger partial charge in [-0.15, -0.1) is 11.3 Å². The van der Waals surface area contributed by atoms with Crippen molar-refractivity contribution in [1.82, 2.24) is 14.8 Å². The molecular formula is C18H19FN4OS. The van der Waals surface area contributed by atoms with E-state index in [0.29, 0.717) is 28.5 Å². The van der Waals surface area contributed by atoms with Crippen molar-refractivity contribution in [2.45, 2.75) is 32.7 Å². The van der Waals surface area contributed by atoms with Crippen molar-refractivity contribution in [2.75, 3.05) is 5.32 Å². The van der Waals surface area contributed by atoms with Gasteiger partial charge in [-0.2, -0.15) is 5.10 Å². The first-order valence-corrected chi connectivity index (χ1v) is 9.06. The molecule has 0 aliphatic carbocycles. The first-order valence-electron chi connectivity index (χ1n) is 8.18. The van der Waals surface area contributed by atoms with Gasteiger partial charge in [0.25, 0.3) is 5.91 Å². The Kier molecular flexibility index (Phi) is 5.55. The summed E-state index contributed by atoms with van der Waals surface area (Å²) >= 11 is 1.35. The molecule has 2 heterocycles. The summed E-state index contributed by atoms with van der Waals surface area (Å²) in [6.07, 6.45) is 4.09. The van der Waals surface area contributed by atoms with Crippen LogP contribution in [0.5, 0.6) is 0 Å². The maximum absolute atomic E-state index is 13.7. The van der Waals surface area contributed by atoms with E-state index in [4.69, 9.17) is 0 Å². The standard InChI is InChI=1S/C18H19FN4OS/c1-2-3-10-23-16(8-9-20-23)22-18(24)15-12-25-17(21-15)11-13-6-4-5-7-14(13)19/h4-9,12H,2-3,10-11H2,1H3,(H,22,24). The molecule has 3 aromatic rings. The van der Waals surface area contributed by atoms with E-state index in [1.807, 2.05) is 0 Å². The zero-order chi connectivity index (χ0) is 17.6. The second-order valence-corrected chi connectivity index (χ2v) is 6.58. The molecule has 25 heavy (non-hydrogen) atoms. The van der Waals surface area contributed by atoms with E-state index in [-0.39, 0.29) is 11.7 Å². The van der Waals surface area contributed by atoms with Crippen molar-refractivity contribution in [1.29, 1.82) is 0 Å². The van der Waals surface area contributed by atoms with Crippen molar-refractivity contribution in [3.8, 4) is 0 Å². The van der Waals surface area contributed by atoms with E-state index in [1.165, 1.54) is 17.4 Å². The van der Waals surface area contributed by atoms with Crippen LogP contribution in [0.4, 0.5) is 10.2 Å². The van der Waals surface area contributed by atoms with Gasteiger partial charge in [-0.05, 0) is 18.1 Å². The Hall–Kier alpha value is -2.54. The summed E-state index contributed by atoms with van der Waals surface area (Å²) in [4.78, 5) is 16.7. The van der Waals surface area contributed by atoms with Crippen molar-refractivity contribution in [3.05, 3.63) is 64.0 Å². The number of unbranched alkanes of at least 4 members (excludes halogenated alkanes) is 1. The fraction of sp³-hybridized carbons (Fsp3) is 0.278. The van der Waals surface area contributed by atoms with Gasteiger partial charge in [-0.1, -0.05) is 31.5 Å². The highest BCUT2D eigenvalue weighted by molar-refractivity contribution is 7.09. The molecule has 0 fully saturated rings. The van der Waals surface area contributed by atoms with E-state index in [2.05, 4.69) is 22.3 Å². The van der Waals surface area contributed by atoms with Crippen molar-refractivity contribution in [2.24, 2.45) is 0 Å². The minimum Gasteiger partial charge on any atom is -0.305 e. The summed E-state index contributed by atoms with van der Waals surface area (Å²) in [5.41, 5.74) is 0.904. The van der Waals surface area contributed by atoms with Gasteiger partial charge in [-0.25, -0.2) is 14.1 Å². The molecule has 0 saturated heterocycles. The van der Waals surface area contributed by atoms with Crippen molar-refractivity contribution in [3.63, 3.8) is 0 Å². The van der Waals surface area contributed by atoms with Crippen LogP contribution in [0.3, 0.4) is 0 Å². The van der Waals surface area contributed by atoms with E-state index in [1.54, 1.807) is 40.5 Å². The number of carbonyl (C=O) groups excluding carboxylic acids is 1. The van der Waals surface area contributed by atoms with E-state index in [0.717, 1.165) is 19.4 Å². The van der Waals surface area contributed by atoms with Crippen LogP contribution in [-0.2, 0) is 13.0 Å². The van der Waals surface area contributed by atoms with Crippen LogP contribution in [-0.4, -0.2) is 20.7 Å². The Balaban J connectivity index is 1.67. The molecule has 0 atom stereocenters. The monoisotopic (exact) mass is 358 g/mol. The van der Waals surface area contributed by atoms with Gasteiger partial charge in [-0.3, -0.25) is 4.79 Å². The van der Waals surface area contributed by atoms with Gasteiger partial charge in [0.05, 0.1) is 11.2 Å². The molecule has 0 saturated carbocycles. The molecule has 0 aliphatic heterocycles. The van der Waals surface area contributed by atoms with Crippen molar-refractivity contribution < 1.29 is 9.18 Å². The molecule has 5 nitrogen and oxygen atoms in total. The summed E-state index contributed by atoms with van der Waals surface area (Å²) in [5.74, 6) is 0.111. The van der Waals surface area contributed by atoms with E-state index < -0.39 is 0 Å². The van der Waals surface area contributed by atoms with Crippen LogP contribution in [0.2, 0.25) is 0 Å². The second kappa shape index (κ2) is 8.02. The number of aromatic nitrogens is 3. The van der Waals surface area contributed by atoms with Gasteiger partial charge >= 0.3 is 0 Å². The average Bonchev–Trinajstić information content (AvgIpc) is 3.24. The Morgan fingerprint density at radius 2 is 2.16 bits per heavy atom. The molecule has 0 aliphatic rings. The summed E-state index contributed by atoms with van der Waals surface area (Å²) in [5, 5.41) is 9.45. The maximum Gasteiger partial charge on any atom is 0.276 e. The quantitative estimate of drug-likeness (QED) is 0.691. The third kappa shape index (κ3) is 4.30. The molecule has 2 aromatic heterocycles. The largest absolute Gasteiger partial charge is 0.305 e. The number of rotatable bonds is 7. The van der Waals surface area contributed by atoms with Gasteiger partial charge in [0, 0.05) is 24.4 Å². The lowest BCUT2D eigenvalue weighted by molar-refractivity contribution is 0.102. The van der Waals surface area contributed by atoms with Crippen LogP contribution in [0.1, 0.15) is 40.8 Å². The average molecular weight is 358 g/mol. The van der Waals surface area contributed by atoms with E-state index >= 15 is 0 Å². The number of nitrogens with zero attached hydrogens (tertiary/aromatic N) is 3. The predicted octanol–water partition coefficient (Wildman–Crippen LogP) is 4.12. The molecule has 0 unspecified atom stereocenters. The van der Waals surface area contributed by atoms with Crippen LogP contribution >= 0.6 is 11.3 Å². The normalized spacial score (nSPS) is 10.8. The highest BCUT2D eigenvalue weighted by Gasteiger charge is 2.14. The maximum atomic E-state index is 13.7. The number of carbonyl (C=O) groups is 1. The number of anilines is 1. The topological polar surface area (TPSA) is 59.8 Å². The zero-order valence-electron chi connectivity index (χ0n) is 13.9. The van der Waals surface area contributed by atoms with Crippen LogP contribution < -0.4 is 5.32 Å². The second-order valence-electron chi connectivity index (χ2n) is 5.64. The van der Waals surface area contributed by atoms with Crippen LogP contribution in [0, 0.1) is 5.82 Å². The Labute approximate surface area is 149 Å². The summed E-state index contributed by atoms with van der Waals surface area (Å²) in [7, 11) is 0. The van der Waals surface area contributed by atoms with Gasteiger partial charge in [0.15, 0.2) is 0 Å². The number of halogens is 1. The molecule has 130 valence electrons. The van der Waals surface area contributed by atoms with Gasteiger partial charge < -0.3 is 5.32 Å².